The summed E-state index contributed by atoms with van der Waals surface area (Å²) in [4.78, 5) is 45.0. The summed E-state index contributed by atoms with van der Waals surface area (Å²) < 4.78 is 0. The zero-order valence-electron chi connectivity index (χ0n) is 15.0. The first-order chi connectivity index (χ1) is 13.5. The summed E-state index contributed by atoms with van der Waals surface area (Å²) >= 11 is 2.35. The average molecular weight is 419 g/mol. The number of thiophene rings is 1. The highest BCUT2D eigenvalue weighted by Crippen LogP contribution is 2.36. The van der Waals surface area contributed by atoms with E-state index in [0.717, 1.165) is 11.8 Å². The van der Waals surface area contributed by atoms with Crippen molar-refractivity contribution in [2.75, 3.05) is 19.0 Å². The van der Waals surface area contributed by atoms with Crippen LogP contribution in [0.1, 0.15) is 23.6 Å². The van der Waals surface area contributed by atoms with Crippen LogP contribution in [-0.4, -0.2) is 46.3 Å². The van der Waals surface area contributed by atoms with E-state index in [9.17, 15) is 14.4 Å². The molecule has 1 fully saturated rings. The molecule has 3 heterocycles. The Hall–Kier alpha value is -2.76. The molecule has 28 heavy (non-hydrogen) atoms. The lowest BCUT2D eigenvalue weighted by Gasteiger charge is -2.22. The molecule has 1 aliphatic rings. The van der Waals surface area contributed by atoms with Crippen LogP contribution in [0.25, 0.3) is 0 Å². The molecule has 2 amide bonds. The van der Waals surface area contributed by atoms with Gasteiger partial charge in [-0.15, -0.1) is 11.3 Å². The monoisotopic (exact) mass is 419 g/mol. The van der Waals surface area contributed by atoms with Crippen LogP contribution in [0.2, 0.25) is 0 Å². The Morgan fingerprint density at radius 3 is 2.89 bits per heavy atom. The third-order valence-corrected chi connectivity index (χ3v) is 5.54. The third kappa shape index (κ3) is 4.74. The number of hydrogen-bond acceptors (Lipinski definition) is 9. The standard InChI is InChI=1S/C17H17N5O4S2/c1-10(23)19-13-7-11(9-27-13)15(21-26-2)16(25)20-22-8-14(24)28-17(22)12-5-3-4-6-18-12/h3-7,9,17H,8H2,1-2H3,(H,19,23)(H,20,25)/b21-15+/t17-/m0/s1. The highest BCUT2D eigenvalue weighted by Gasteiger charge is 2.35. The molecule has 0 radical (unpaired) electrons. The lowest BCUT2D eigenvalue weighted by molar-refractivity contribution is -0.120. The van der Waals surface area contributed by atoms with Crippen LogP contribution >= 0.6 is 23.1 Å². The van der Waals surface area contributed by atoms with Gasteiger partial charge in [-0.25, -0.2) is 0 Å². The predicted octanol–water partition coefficient (Wildman–Crippen LogP) is 1.76. The SMILES string of the molecule is CO/N=C(/C(=O)NN1CC(=O)S[C@H]1c1ccccn1)c1csc(NC(C)=O)c1. The van der Waals surface area contributed by atoms with E-state index in [2.05, 4.69) is 20.9 Å². The minimum absolute atomic E-state index is 0.0273. The van der Waals surface area contributed by atoms with Crippen molar-refractivity contribution < 1.29 is 19.2 Å². The minimum atomic E-state index is -0.537. The van der Waals surface area contributed by atoms with Gasteiger partial charge < -0.3 is 10.2 Å². The first kappa shape index (κ1) is 20.0. The lowest BCUT2D eigenvalue weighted by Crippen LogP contribution is -2.45. The first-order valence-electron chi connectivity index (χ1n) is 8.13. The van der Waals surface area contributed by atoms with Crippen molar-refractivity contribution in [3.63, 3.8) is 0 Å². The topological polar surface area (TPSA) is 113 Å². The molecule has 0 bridgehead atoms. The van der Waals surface area contributed by atoms with E-state index >= 15 is 0 Å². The summed E-state index contributed by atoms with van der Waals surface area (Å²) in [6.45, 7) is 1.44. The summed E-state index contributed by atoms with van der Waals surface area (Å²) in [7, 11) is 1.33. The second-order valence-corrected chi connectivity index (χ2v) is 7.72. The first-order valence-corrected chi connectivity index (χ1v) is 9.89. The van der Waals surface area contributed by atoms with Crippen molar-refractivity contribution in [2.24, 2.45) is 5.16 Å². The molecule has 2 N–H and O–H groups in total. The Bertz CT molecular complexity index is 915. The van der Waals surface area contributed by atoms with Gasteiger partial charge >= 0.3 is 0 Å². The molecular weight excluding hydrogens is 402 g/mol. The molecule has 0 aliphatic carbocycles. The van der Waals surface area contributed by atoms with E-state index < -0.39 is 11.3 Å². The quantitative estimate of drug-likeness (QED) is 0.542. The number of hydrazine groups is 1. The predicted molar refractivity (Wildman–Crippen MR) is 107 cm³/mol. The largest absolute Gasteiger partial charge is 0.398 e. The number of carbonyl (C=O) groups excluding carboxylic acids is 3. The minimum Gasteiger partial charge on any atom is -0.398 e. The van der Waals surface area contributed by atoms with E-state index in [0.29, 0.717) is 16.3 Å². The van der Waals surface area contributed by atoms with Crippen LogP contribution in [0, 0.1) is 0 Å². The number of hydrogen-bond donors (Lipinski definition) is 2. The van der Waals surface area contributed by atoms with E-state index in [1.54, 1.807) is 29.8 Å². The van der Waals surface area contributed by atoms with Gasteiger partial charge in [-0.3, -0.25) is 24.8 Å². The number of thioether (sulfide) groups is 1. The van der Waals surface area contributed by atoms with Gasteiger partial charge in [-0.05, 0) is 18.2 Å². The van der Waals surface area contributed by atoms with E-state index in [1.165, 1.54) is 30.4 Å². The van der Waals surface area contributed by atoms with Gasteiger partial charge in [-0.1, -0.05) is 23.0 Å². The van der Waals surface area contributed by atoms with Crippen molar-refractivity contribution in [3.8, 4) is 0 Å². The summed E-state index contributed by atoms with van der Waals surface area (Å²) in [5.41, 5.74) is 3.88. The van der Waals surface area contributed by atoms with Crippen molar-refractivity contribution in [3.05, 3.63) is 47.1 Å². The van der Waals surface area contributed by atoms with Gasteiger partial charge in [0.05, 0.1) is 17.2 Å². The fourth-order valence-electron chi connectivity index (χ4n) is 2.49. The highest BCUT2D eigenvalue weighted by atomic mass is 32.2. The number of rotatable bonds is 6. The molecule has 146 valence electrons. The number of anilines is 1. The maximum atomic E-state index is 12.8. The van der Waals surface area contributed by atoms with Gasteiger partial charge in [0.2, 0.25) is 11.0 Å². The maximum absolute atomic E-state index is 12.8. The fourth-order valence-corrected chi connectivity index (χ4v) is 4.30. The Morgan fingerprint density at radius 2 is 2.21 bits per heavy atom. The molecule has 1 atom stereocenters. The van der Waals surface area contributed by atoms with Gasteiger partial charge in [0, 0.05) is 24.1 Å². The van der Waals surface area contributed by atoms with Crippen LogP contribution in [0.3, 0.4) is 0 Å². The molecule has 0 spiro atoms. The highest BCUT2D eigenvalue weighted by molar-refractivity contribution is 8.14. The Labute approximate surface area is 169 Å². The molecule has 0 saturated carbocycles. The summed E-state index contributed by atoms with van der Waals surface area (Å²) in [5.74, 6) is -0.751. The normalized spacial score (nSPS) is 17.4. The maximum Gasteiger partial charge on any atom is 0.288 e. The van der Waals surface area contributed by atoms with Crippen molar-refractivity contribution >= 4 is 50.7 Å². The summed E-state index contributed by atoms with van der Waals surface area (Å²) in [5, 5.41) is 9.74. The zero-order valence-corrected chi connectivity index (χ0v) is 16.7. The molecule has 0 aromatic carbocycles. The van der Waals surface area contributed by atoms with Gasteiger partial charge in [0.1, 0.15) is 12.5 Å². The second-order valence-electron chi connectivity index (χ2n) is 5.67. The van der Waals surface area contributed by atoms with Crippen LogP contribution in [0.5, 0.6) is 0 Å². The fraction of sp³-hybridized carbons (Fsp3) is 0.235. The summed E-state index contributed by atoms with van der Waals surface area (Å²) in [6.07, 6.45) is 1.63. The van der Waals surface area contributed by atoms with Crippen LogP contribution in [0.15, 0.2) is 41.0 Å². The Morgan fingerprint density at radius 1 is 1.39 bits per heavy atom. The van der Waals surface area contributed by atoms with Crippen molar-refractivity contribution in [2.45, 2.75) is 12.3 Å². The number of aromatic nitrogens is 1. The van der Waals surface area contributed by atoms with Gasteiger partial charge in [0.25, 0.3) is 5.91 Å². The molecule has 2 aromatic rings. The number of oxime groups is 1. The summed E-state index contributed by atoms with van der Waals surface area (Å²) in [6, 6.07) is 7.01. The Balaban J connectivity index is 1.78. The van der Waals surface area contributed by atoms with Crippen LogP contribution in [0.4, 0.5) is 5.00 Å². The van der Waals surface area contributed by atoms with Crippen LogP contribution in [-0.2, 0) is 19.2 Å². The van der Waals surface area contributed by atoms with Gasteiger partial charge in [-0.2, -0.15) is 5.01 Å². The second kappa shape index (κ2) is 8.95. The van der Waals surface area contributed by atoms with Crippen molar-refractivity contribution in [1.82, 2.24) is 15.4 Å². The molecule has 11 heteroatoms. The van der Waals surface area contributed by atoms with E-state index in [-0.39, 0.29) is 23.3 Å². The molecule has 1 aliphatic heterocycles. The molecule has 9 nitrogen and oxygen atoms in total. The Kier molecular flexibility index (Phi) is 6.39. The van der Waals surface area contributed by atoms with Gasteiger partial charge in [0.15, 0.2) is 5.71 Å². The lowest BCUT2D eigenvalue weighted by atomic mass is 10.2. The van der Waals surface area contributed by atoms with E-state index in [1.807, 2.05) is 6.07 Å². The van der Waals surface area contributed by atoms with E-state index in [4.69, 9.17) is 4.84 Å². The smallest absolute Gasteiger partial charge is 0.288 e. The number of nitrogens with one attached hydrogen (secondary N) is 2. The molecule has 2 aromatic heterocycles. The van der Waals surface area contributed by atoms with Crippen LogP contribution < -0.4 is 10.7 Å². The molecular formula is C17H17N5O4S2. The molecule has 3 rings (SSSR count). The average Bonchev–Trinajstić information content (AvgIpc) is 3.26. The number of nitrogens with zero attached hydrogens (tertiary/aromatic N) is 3. The third-order valence-electron chi connectivity index (χ3n) is 3.58. The number of pyridine rings is 1. The number of amides is 2. The van der Waals surface area contributed by atoms with Crippen molar-refractivity contribution in [1.29, 1.82) is 0 Å². The molecule has 1 saturated heterocycles. The number of carbonyl (C=O) groups is 3. The zero-order chi connectivity index (χ0) is 20.1. The molecule has 0 unspecified atom stereocenters.